The molecule has 2 rings (SSSR count). The highest BCUT2D eigenvalue weighted by Gasteiger charge is 2.34. The van der Waals surface area contributed by atoms with E-state index in [1.807, 2.05) is 12.1 Å². The highest BCUT2D eigenvalue weighted by atomic mass is 16.3. The summed E-state index contributed by atoms with van der Waals surface area (Å²) in [7, 11) is 0. The van der Waals surface area contributed by atoms with Crippen LogP contribution in [0.5, 0.6) is 0 Å². The number of unbranched alkanes of at least 4 members (excludes halogenated alkanes) is 6. The molecule has 0 aromatic heterocycles. The smallest absolute Gasteiger partial charge is 0.136 e. The largest absolute Gasteiger partial charge is 0.388 e. The minimum absolute atomic E-state index is 0.149. The van der Waals surface area contributed by atoms with Crippen molar-refractivity contribution in [2.45, 2.75) is 96.0 Å². The summed E-state index contributed by atoms with van der Waals surface area (Å²) in [5.74, 6) is 0.895. The van der Waals surface area contributed by atoms with Gasteiger partial charge in [0.2, 0.25) is 0 Å². The van der Waals surface area contributed by atoms with E-state index in [4.69, 9.17) is 0 Å². The van der Waals surface area contributed by atoms with E-state index in [1.165, 1.54) is 12.0 Å². The molecule has 27 heavy (non-hydrogen) atoms. The van der Waals surface area contributed by atoms with E-state index in [2.05, 4.69) is 19.1 Å². The number of benzene rings is 1. The van der Waals surface area contributed by atoms with E-state index < -0.39 is 0 Å². The first-order valence-corrected chi connectivity index (χ1v) is 10.9. The lowest BCUT2D eigenvalue weighted by molar-refractivity contribution is -0.121. The Bertz CT molecular complexity index is 563. The minimum Gasteiger partial charge on any atom is -0.388 e. The maximum atomic E-state index is 12.4. The molecule has 0 bridgehead atoms. The van der Waals surface area contributed by atoms with Crippen LogP contribution in [0.1, 0.15) is 107 Å². The van der Waals surface area contributed by atoms with Gasteiger partial charge in [0.25, 0.3) is 0 Å². The Morgan fingerprint density at radius 1 is 1.07 bits per heavy atom. The van der Waals surface area contributed by atoms with E-state index in [1.54, 1.807) is 0 Å². The third-order valence-electron chi connectivity index (χ3n) is 6.02. The van der Waals surface area contributed by atoms with Crippen molar-refractivity contribution in [3.8, 4) is 0 Å². The molecule has 0 saturated heterocycles. The zero-order chi connectivity index (χ0) is 19.5. The van der Waals surface area contributed by atoms with Crippen LogP contribution in [0.15, 0.2) is 24.3 Å². The SMILES string of the molecule is CCCCCC(O)c1ccc(C2CCC(=O)[C@@H]2CCCCCCC=O)cc1. The van der Waals surface area contributed by atoms with Gasteiger partial charge in [-0.05, 0) is 42.7 Å². The molecule has 3 nitrogen and oxygen atoms in total. The average molecular weight is 373 g/mol. The standard InChI is InChI=1S/C24H36O3/c1-2-3-7-11-23(26)20-14-12-19(13-15-20)21-16-17-24(27)22(21)10-8-5-4-6-9-18-25/h12-15,18,21-23,26H,2-11,16-17H2,1H3/t21?,22-,23?/m1/s1. The molecule has 1 aliphatic carbocycles. The van der Waals surface area contributed by atoms with Crippen molar-refractivity contribution in [2.24, 2.45) is 5.92 Å². The summed E-state index contributed by atoms with van der Waals surface area (Å²) in [6.07, 6.45) is 12.3. The van der Waals surface area contributed by atoms with Gasteiger partial charge >= 0.3 is 0 Å². The lowest BCUT2D eigenvalue weighted by atomic mass is 9.84. The minimum atomic E-state index is -0.377. The summed E-state index contributed by atoms with van der Waals surface area (Å²) in [5, 5.41) is 10.3. The van der Waals surface area contributed by atoms with Gasteiger partial charge in [-0.3, -0.25) is 4.79 Å². The summed E-state index contributed by atoms with van der Waals surface area (Å²) >= 11 is 0. The molecule has 1 fully saturated rings. The topological polar surface area (TPSA) is 54.4 Å². The molecule has 0 heterocycles. The number of aldehydes is 1. The molecule has 150 valence electrons. The Hall–Kier alpha value is -1.48. The van der Waals surface area contributed by atoms with Crippen molar-refractivity contribution in [2.75, 3.05) is 0 Å². The van der Waals surface area contributed by atoms with Crippen molar-refractivity contribution < 1.29 is 14.7 Å². The number of aliphatic hydroxyl groups is 1. The first kappa shape index (κ1) is 21.8. The van der Waals surface area contributed by atoms with Crippen molar-refractivity contribution in [1.29, 1.82) is 0 Å². The van der Waals surface area contributed by atoms with Gasteiger partial charge < -0.3 is 9.90 Å². The molecule has 1 saturated carbocycles. The molecule has 0 radical (unpaired) electrons. The van der Waals surface area contributed by atoms with E-state index >= 15 is 0 Å². The molecule has 1 aromatic carbocycles. The zero-order valence-corrected chi connectivity index (χ0v) is 16.9. The molecular weight excluding hydrogens is 336 g/mol. The molecule has 1 aromatic rings. The number of aliphatic hydroxyl groups excluding tert-OH is 1. The van der Waals surface area contributed by atoms with Gasteiger partial charge in [-0.15, -0.1) is 0 Å². The first-order valence-electron chi connectivity index (χ1n) is 10.9. The molecule has 3 heteroatoms. The van der Waals surface area contributed by atoms with E-state index in [-0.39, 0.29) is 12.0 Å². The zero-order valence-electron chi connectivity index (χ0n) is 16.9. The monoisotopic (exact) mass is 372 g/mol. The predicted octanol–water partition coefficient (Wildman–Crippen LogP) is 5.90. The maximum absolute atomic E-state index is 12.4. The quantitative estimate of drug-likeness (QED) is 0.346. The van der Waals surface area contributed by atoms with Crippen LogP contribution in [-0.2, 0) is 9.59 Å². The second kappa shape index (κ2) is 12.1. The average Bonchev–Trinajstić information content (AvgIpc) is 3.05. The van der Waals surface area contributed by atoms with Gasteiger partial charge in [0, 0.05) is 18.8 Å². The van der Waals surface area contributed by atoms with Gasteiger partial charge in [-0.2, -0.15) is 0 Å². The molecular formula is C24H36O3. The van der Waals surface area contributed by atoms with Gasteiger partial charge in [-0.25, -0.2) is 0 Å². The van der Waals surface area contributed by atoms with Gasteiger partial charge in [0.15, 0.2) is 0 Å². The fourth-order valence-corrected chi connectivity index (χ4v) is 4.34. The van der Waals surface area contributed by atoms with Crippen LogP contribution in [0.3, 0.4) is 0 Å². The summed E-state index contributed by atoms with van der Waals surface area (Å²) < 4.78 is 0. The fraction of sp³-hybridized carbons (Fsp3) is 0.667. The Morgan fingerprint density at radius 2 is 1.81 bits per heavy atom. The molecule has 1 N–H and O–H groups in total. The van der Waals surface area contributed by atoms with E-state index in [9.17, 15) is 14.7 Å². The summed E-state index contributed by atoms with van der Waals surface area (Å²) in [6, 6.07) is 8.34. The van der Waals surface area contributed by atoms with Crippen LogP contribution in [0.4, 0.5) is 0 Å². The third kappa shape index (κ3) is 6.88. The number of ketones is 1. The Labute approximate surface area is 164 Å². The van der Waals surface area contributed by atoms with Crippen molar-refractivity contribution in [3.63, 3.8) is 0 Å². The fourth-order valence-electron chi connectivity index (χ4n) is 4.34. The Balaban J connectivity index is 1.87. The van der Waals surface area contributed by atoms with Crippen molar-refractivity contribution in [1.82, 2.24) is 0 Å². The Morgan fingerprint density at radius 3 is 2.52 bits per heavy atom. The number of hydrogen-bond donors (Lipinski definition) is 1. The molecule has 0 amide bonds. The second-order valence-electron chi connectivity index (χ2n) is 8.05. The Kier molecular flexibility index (Phi) is 9.75. The van der Waals surface area contributed by atoms with Crippen LogP contribution in [0.25, 0.3) is 0 Å². The number of rotatable bonds is 13. The normalized spacial score (nSPS) is 20.7. The molecule has 2 unspecified atom stereocenters. The van der Waals surface area contributed by atoms with Gasteiger partial charge in [0.1, 0.15) is 12.1 Å². The van der Waals surface area contributed by atoms with Crippen molar-refractivity contribution in [3.05, 3.63) is 35.4 Å². The molecule has 3 atom stereocenters. The highest BCUT2D eigenvalue weighted by molar-refractivity contribution is 5.84. The van der Waals surface area contributed by atoms with Crippen LogP contribution in [0.2, 0.25) is 0 Å². The van der Waals surface area contributed by atoms with Crippen LogP contribution in [-0.4, -0.2) is 17.2 Å². The maximum Gasteiger partial charge on any atom is 0.136 e. The second-order valence-corrected chi connectivity index (χ2v) is 8.05. The number of carbonyl (C=O) groups excluding carboxylic acids is 2. The molecule has 0 aliphatic heterocycles. The third-order valence-corrected chi connectivity index (χ3v) is 6.02. The van der Waals surface area contributed by atoms with Crippen LogP contribution >= 0.6 is 0 Å². The number of carbonyl (C=O) groups is 2. The highest BCUT2D eigenvalue weighted by Crippen LogP contribution is 2.40. The van der Waals surface area contributed by atoms with E-state index in [0.29, 0.717) is 24.5 Å². The molecule has 0 spiro atoms. The summed E-state index contributed by atoms with van der Waals surface area (Å²) in [5.41, 5.74) is 2.24. The van der Waals surface area contributed by atoms with E-state index in [0.717, 1.165) is 69.6 Å². The van der Waals surface area contributed by atoms with Gasteiger partial charge in [0.05, 0.1) is 6.10 Å². The summed E-state index contributed by atoms with van der Waals surface area (Å²) in [4.78, 5) is 22.7. The van der Waals surface area contributed by atoms with Gasteiger partial charge in [-0.1, -0.05) is 69.7 Å². The van der Waals surface area contributed by atoms with Crippen LogP contribution in [0, 0.1) is 5.92 Å². The lowest BCUT2D eigenvalue weighted by Gasteiger charge is -2.20. The first-order chi connectivity index (χ1) is 13.2. The van der Waals surface area contributed by atoms with Crippen molar-refractivity contribution >= 4 is 12.1 Å². The summed E-state index contributed by atoms with van der Waals surface area (Å²) in [6.45, 7) is 2.17. The lowest BCUT2D eigenvalue weighted by Crippen LogP contribution is -2.13. The number of hydrogen-bond acceptors (Lipinski definition) is 3. The predicted molar refractivity (Wildman–Crippen MR) is 110 cm³/mol. The number of Topliss-reactive ketones (excluding diaryl/α,β-unsaturated/α-hetero) is 1. The van der Waals surface area contributed by atoms with Crippen LogP contribution < -0.4 is 0 Å². The molecule has 1 aliphatic rings.